The fraction of sp³-hybridized carbons (Fsp3) is 0.273. The van der Waals surface area contributed by atoms with Crippen LogP contribution < -0.4 is 11.1 Å². The lowest BCUT2D eigenvalue weighted by Crippen LogP contribution is -2.29. The van der Waals surface area contributed by atoms with E-state index in [0.29, 0.717) is 5.69 Å². The second-order valence-corrected chi connectivity index (χ2v) is 4.67. The van der Waals surface area contributed by atoms with Gasteiger partial charge in [0.1, 0.15) is 0 Å². The fourth-order valence-corrected chi connectivity index (χ4v) is 2.25. The van der Waals surface area contributed by atoms with Crippen LogP contribution in [0.25, 0.3) is 0 Å². The average molecular weight is 266 g/mol. The molecule has 7 heteroatoms. The maximum atomic E-state index is 11.8. The van der Waals surface area contributed by atoms with E-state index < -0.39 is 6.10 Å². The molecule has 96 valence electrons. The Labute approximate surface area is 108 Å². The number of rotatable bonds is 4. The summed E-state index contributed by atoms with van der Waals surface area (Å²) < 4.78 is 1.47. The Morgan fingerprint density at radius 2 is 2.50 bits per heavy atom. The monoisotopic (exact) mass is 266 g/mol. The second-order valence-electron chi connectivity index (χ2n) is 3.89. The SMILES string of the molecule is Cn1cc(N)c(C(=O)NCC(O)c2ccsc2)n1. The molecule has 1 unspecified atom stereocenters. The fourth-order valence-electron chi connectivity index (χ4n) is 1.54. The third-order valence-corrected chi connectivity index (χ3v) is 3.16. The van der Waals surface area contributed by atoms with Crippen LogP contribution in [0.2, 0.25) is 0 Å². The van der Waals surface area contributed by atoms with Crippen molar-refractivity contribution in [1.29, 1.82) is 0 Å². The van der Waals surface area contributed by atoms with Gasteiger partial charge in [-0.3, -0.25) is 9.48 Å². The average Bonchev–Trinajstić information content (AvgIpc) is 2.95. The molecule has 2 aromatic rings. The lowest BCUT2D eigenvalue weighted by atomic mass is 10.2. The number of aliphatic hydroxyl groups is 1. The van der Waals surface area contributed by atoms with Gasteiger partial charge in [0.15, 0.2) is 5.69 Å². The number of nitrogens with two attached hydrogens (primary N) is 1. The molecule has 2 heterocycles. The summed E-state index contributed by atoms with van der Waals surface area (Å²) in [7, 11) is 1.69. The van der Waals surface area contributed by atoms with E-state index in [1.54, 1.807) is 13.2 Å². The number of anilines is 1. The van der Waals surface area contributed by atoms with Crippen molar-refractivity contribution in [3.05, 3.63) is 34.3 Å². The van der Waals surface area contributed by atoms with Crippen molar-refractivity contribution < 1.29 is 9.90 Å². The van der Waals surface area contributed by atoms with Gasteiger partial charge in [-0.25, -0.2) is 0 Å². The number of carbonyl (C=O) groups excluding carboxylic acids is 1. The molecule has 4 N–H and O–H groups in total. The molecule has 0 aliphatic heterocycles. The number of nitrogen functional groups attached to an aromatic ring is 1. The number of aliphatic hydroxyl groups excluding tert-OH is 1. The summed E-state index contributed by atoms with van der Waals surface area (Å²) in [5, 5.41) is 20.1. The van der Waals surface area contributed by atoms with Crippen molar-refractivity contribution >= 4 is 22.9 Å². The molecule has 0 bridgehead atoms. The molecule has 0 spiro atoms. The van der Waals surface area contributed by atoms with E-state index in [4.69, 9.17) is 5.73 Å². The van der Waals surface area contributed by atoms with Crippen molar-refractivity contribution in [1.82, 2.24) is 15.1 Å². The standard InChI is InChI=1S/C11H14N4O2S/c1-15-5-8(12)10(14-15)11(17)13-4-9(16)7-2-3-18-6-7/h2-3,5-6,9,16H,4,12H2,1H3,(H,13,17). The first-order valence-electron chi connectivity index (χ1n) is 5.35. The van der Waals surface area contributed by atoms with Gasteiger partial charge in [0, 0.05) is 19.8 Å². The lowest BCUT2D eigenvalue weighted by molar-refractivity contribution is 0.0912. The van der Waals surface area contributed by atoms with Gasteiger partial charge in [-0.1, -0.05) is 0 Å². The van der Waals surface area contributed by atoms with E-state index in [1.165, 1.54) is 16.0 Å². The Balaban J connectivity index is 1.94. The third kappa shape index (κ3) is 2.69. The van der Waals surface area contributed by atoms with E-state index in [-0.39, 0.29) is 18.1 Å². The van der Waals surface area contributed by atoms with Crippen LogP contribution in [0.4, 0.5) is 5.69 Å². The summed E-state index contributed by atoms with van der Waals surface area (Å²) in [6.45, 7) is 0.131. The lowest BCUT2D eigenvalue weighted by Gasteiger charge is -2.09. The van der Waals surface area contributed by atoms with Crippen LogP contribution in [0, 0.1) is 0 Å². The Morgan fingerprint density at radius 1 is 1.72 bits per heavy atom. The Hall–Kier alpha value is -1.86. The Morgan fingerprint density at radius 3 is 3.06 bits per heavy atom. The van der Waals surface area contributed by atoms with Crippen LogP contribution in [0.5, 0.6) is 0 Å². The van der Waals surface area contributed by atoms with Crippen LogP contribution in [0.15, 0.2) is 23.0 Å². The maximum absolute atomic E-state index is 11.8. The number of carbonyl (C=O) groups is 1. The highest BCUT2D eigenvalue weighted by Crippen LogP contribution is 2.15. The molecular weight excluding hydrogens is 252 g/mol. The predicted octanol–water partition coefficient (Wildman–Crippen LogP) is 0.527. The highest BCUT2D eigenvalue weighted by molar-refractivity contribution is 7.07. The van der Waals surface area contributed by atoms with Crippen molar-refractivity contribution in [2.45, 2.75) is 6.10 Å². The topological polar surface area (TPSA) is 93.2 Å². The molecule has 0 aliphatic carbocycles. The number of thiophene rings is 1. The van der Waals surface area contributed by atoms with Gasteiger partial charge in [0.05, 0.1) is 11.8 Å². The van der Waals surface area contributed by atoms with Crippen LogP contribution in [0.3, 0.4) is 0 Å². The number of nitrogens with one attached hydrogen (secondary N) is 1. The van der Waals surface area contributed by atoms with Crippen molar-refractivity contribution in [2.75, 3.05) is 12.3 Å². The second kappa shape index (κ2) is 5.19. The number of aryl methyl sites for hydroxylation is 1. The van der Waals surface area contributed by atoms with E-state index in [0.717, 1.165) is 5.56 Å². The third-order valence-electron chi connectivity index (χ3n) is 2.46. The number of hydrogen-bond donors (Lipinski definition) is 3. The quantitative estimate of drug-likeness (QED) is 0.752. The number of aromatic nitrogens is 2. The Kier molecular flexibility index (Phi) is 3.63. The molecule has 0 aromatic carbocycles. The van der Waals surface area contributed by atoms with E-state index in [9.17, 15) is 9.90 Å². The van der Waals surface area contributed by atoms with E-state index in [2.05, 4.69) is 10.4 Å². The molecule has 18 heavy (non-hydrogen) atoms. The number of amides is 1. The summed E-state index contributed by atoms with van der Waals surface area (Å²) >= 11 is 1.50. The van der Waals surface area contributed by atoms with Gasteiger partial charge < -0.3 is 16.2 Å². The summed E-state index contributed by atoms with van der Waals surface area (Å²) in [6, 6.07) is 1.82. The van der Waals surface area contributed by atoms with Gasteiger partial charge in [-0.15, -0.1) is 0 Å². The zero-order chi connectivity index (χ0) is 13.1. The Bertz CT molecular complexity index is 535. The maximum Gasteiger partial charge on any atom is 0.274 e. The largest absolute Gasteiger partial charge is 0.396 e. The van der Waals surface area contributed by atoms with E-state index >= 15 is 0 Å². The van der Waals surface area contributed by atoms with Gasteiger partial charge in [0.2, 0.25) is 0 Å². The van der Waals surface area contributed by atoms with Gasteiger partial charge >= 0.3 is 0 Å². The molecule has 1 atom stereocenters. The van der Waals surface area contributed by atoms with Gasteiger partial charge in [-0.2, -0.15) is 16.4 Å². The first kappa shape index (κ1) is 12.6. The zero-order valence-electron chi connectivity index (χ0n) is 9.83. The molecule has 0 saturated heterocycles. The van der Waals surface area contributed by atoms with Crippen LogP contribution >= 0.6 is 11.3 Å². The van der Waals surface area contributed by atoms with E-state index in [1.807, 2.05) is 16.8 Å². The highest BCUT2D eigenvalue weighted by Gasteiger charge is 2.15. The molecule has 0 aliphatic rings. The number of hydrogen-bond acceptors (Lipinski definition) is 5. The summed E-state index contributed by atoms with van der Waals surface area (Å²) in [6.07, 6.45) is 0.842. The molecule has 2 rings (SSSR count). The van der Waals surface area contributed by atoms with Gasteiger partial charge in [0.25, 0.3) is 5.91 Å². The molecular formula is C11H14N4O2S. The number of nitrogens with zero attached hydrogens (tertiary/aromatic N) is 2. The van der Waals surface area contributed by atoms with Gasteiger partial charge in [-0.05, 0) is 22.4 Å². The van der Waals surface area contributed by atoms with Crippen molar-refractivity contribution in [3.8, 4) is 0 Å². The first-order valence-corrected chi connectivity index (χ1v) is 6.29. The van der Waals surface area contributed by atoms with Crippen LogP contribution in [-0.2, 0) is 7.05 Å². The summed E-state index contributed by atoms with van der Waals surface area (Å²) in [4.78, 5) is 11.8. The van der Waals surface area contributed by atoms with Crippen LogP contribution in [-0.4, -0.2) is 27.3 Å². The minimum absolute atomic E-state index is 0.131. The van der Waals surface area contributed by atoms with Crippen molar-refractivity contribution in [3.63, 3.8) is 0 Å². The molecule has 0 radical (unpaired) electrons. The minimum atomic E-state index is -0.717. The summed E-state index contributed by atoms with van der Waals surface area (Å²) in [5.41, 5.74) is 6.92. The molecule has 0 saturated carbocycles. The highest BCUT2D eigenvalue weighted by atomic mass is 32.1. The molecule has 0 fully saturated rings. The van der Waals surface area contributed by atoms with Crippen molar-refractivity contribution in [2.24, 2.45) is 7.05 Å². The summed E-state index contributed by atoms with van der Waals surface area (Å²) in [5.74, 6) is -0.387. The van der Waals surface area contributed by atoms with Crippen LogP contribution in [0.1, 0.15) is 22.2 Å². The molecule has 6 nitrogen and oxygen atoms in total. The smallest absolute Gasteiger partial charge is 0.274 e. The first-order chi connectivity index (χ1) is 8.58. The minimum Gasteiger partial charge on any atom is -0.396 e. The predicted molar refractivity (Wildman–Crippen MR) is 69.2 cm³/mol. The normalized spacial score (nSPS) is 12.3. The zero-order valence-corrected chi connectivity index (χ0v) is 10.6. The molecule has 2 aromatic heterocycles. The molecule has 1 amide bonds.